The van der Waals surface area contributed by atoms with Gasteiger partial charge in [0.05, 0.1) is 6.54 Å². The van der Waals surface area contributed by atoms with E-state index in [-0.39, 0.29) is 0 Å². The molecule has 1 heterocycles. The third kappa shape index (κ3) is 2.95. The summed E-state index contributed by atoms with van der Waals surface area (Å²) in [6.07, 6.45) is 6.48. The van der Waals surface area contributed by atoms with Gasteiger partial charge in [0.15, 0.2) is 0 Å². The molecule has 0 spiro atoms. The lowest BCUT2D eigenvalue weighted by atomic mass is 9.89. The molecule has 3 rings (SSSR count). The van der Waals surface area contributed by atoms with Gasteiger partial charge in [0.1, 0.15) is 5.82 Å². The number of hydrogen-bond donors (Lipinski definition) is 1. The fourth-order valence-electron chi connectivity index (χ4n) is 2.81. The summed E-state index contributed by atoms with van der Waals surface area (Å²) in [6.45, 7) is 0.777. The van der Waals surface area contributed by atoms with Crippen LogP contribution < -0.4 is 0 Å². The Morgan fingerprint density at radius 2 is 1.89 bits per heavy atom. The van der Waals surface area contributed by atoms with Crippen LogP contribution in [0, 0.1) is 4.77 Å². The van der Waals surface area contributed by atoms with Gasteiger partial charge in [-0.15, -0.1) is 0 Å². The van der Waals surface area contributed by atoms with Crippen LogP contribution in [0.25, 0.3) is 0 Å². The molecule has 100 valence electrons. The van der Waals surface area contributed by atoms with Crippen molar-refractivity contribution < 1.29 is 0 Å². The zero-order valence-electron chi connectivity index (χ0n) is 11.0. The molecule has 0 unspecified atom stereocenters. The Bertz CT molecular complexity index is 579. The molecule has 19 heavy (non-hydrogen) atoms. The van der Waals surface area contributed by atoms with E-state index in [0.29, 0.717) is 10.7 Å². The maximum atomic E-state index is 5.36. The number of benzene rings is 1. The van der Waals surface area contributed by atoms with Crippen molar-refractivity contribution in [2.75, 3.05) is 0 Å². The molecule has 0 amide bonds. The first-order valence-electron chi connectivity index (χ1n) is 7.03. The summed E-state index contributed by atoms with van der Waals surface area (Å²) in [4.78, 5) is 4.55. The lowest BCUT2D eigenvalue weighted by Crippen LogP contribution is -2.08. The lowest BCUT2D eigenvalue weighted by Gasteiger charge is -2.18. The van der Waals surface area contributed by atoms with Crippen molar-refractivity contribution in [3.63, 3.8) is 0 Å². The van der Waals surface area contributed by atoms with Gasteiger partial charge in [0.25, 0.3) is 0 Å². The van der Waals surface area contributed by atoms with Crippen molar-refractivity contribution in [2.24, 2.45) is 0 Å². The molecule has 1 aliphatic carbocycles. The maximum absolute atomic E-state index is 5.36. The highest BCUT2D eigenvalue weighted by Crippen LogP contribution is 2.30. The van der Waals surface area contributed by atoms with Gasteiger partial charge in [-0.05, 0) is 30.6 Å². The zero-order valence-corrected chi connectivity index (χ0v) is 11.8. The number of nitrogens with one attached hydrogen (secondary N) is 1. The highest BCUT2D eigenvalue weighted by molar-refractivity contribution is 7.71. The van der Waals surface area contributed by atoms with Crippen LogP contribution >= 0.6 is 12.2 Å². The van der Waals surface area contributed by atoms with Crippen molar-refractivity contribution >= 4 is 12.2 Å². The van der Waals surface area contributed by atoms with Crippen LogP contribution in [0.4, 0.5) is 0 Å². The van der Waals surface area contributed by atoms with E-state index < -0.39 is 0 Å². The normalized spacial score (nSPS) is 16.6. The minimum Gasteiger partial charge on any atom is -0.283 e. The van der Waals surface area contributed by atoms with Crippen LogP contribution in [-0.2, 0) is 6.54 Å². The lowest BCUT2D eigenvalue weighted by molar-refractivity contribution is 0.426. The van der Waals surface area contributed by atoms with Crippen molar-refractivity contribution in [2.45, 2.75) is 44.6 Å². The summed E-state index contributed by atoms with van der Waals surface area (Å²) in [7, 11) is 0. The SMILES string of the molecule is S=c1nc(C2CCCCC2)[nH]n1Cc1ccccc1. The molecule has 1 aromatic carbocycles. The molecule has 0 bridgehead atoms. The molecule has 1 saturated carbocycles. The van der Waals surface area contributed by atoms with Crippen LogP contribution in [0.3, 0.4) is 0 Å². The van der Waals surface area contributed by atoms with Gasteiger partial charge in [0.2, 0.25) is 4.77 Å². The molecule has 0 saturated heterocycles. The predicted molar refractivity (Wildman–Crippen MR) is 78.8 cm³/mol. The monoisotopic (exact) mass is 273 g/mol. The summed E-state index contributed by atoms with van der Waals surface area (Å²) in [6, 6.07) is 10.4. The Morgan fingerprint density at radius 1 is 1.16 bits per heavy atom. The van der Waals surface area contributed by atoms with Crippen molar-refractivity contribution in [1.82, 2.24) is 14.8 Å². The molecule has 1 aromatic heterocycles. The minimum absolute atomic E-state index is 0.576. The van der Waals surface area contributed by atoms with Crippen LogP contribution in [0.1, 0.15) is 49.4 Å². The third-order valence-electron chi connectivity index (χ3n) is 3.87. The van der Waals surface area contributed by atoms with E-state index in [9.17, 15) is 0 Å². The highest BCUT2D eigenvalue weighted by atomic mass is 32.1. The first kappa shape index (κ1) is 12.6. The number of aromatic nitrogens is 3. The molecule has 3 nitrogen and oxygen atoms in total. The average Bonchev–Trinajstić information content (AvgIpc) is 2.82. The van der Waals surface area contributed by atoms with Crippen LogP contribution in [0.15, 0.2) is 30.3 Å². The van der Waals surface area contributed by atoms with Gasteiger partial charge in [-0.2, -0.15) is 0 Å². The third-order valence-corrected chi connectivity index (χ3v) is 4.18. The largest absolute Gasteiger partial charge is 0.283 e. The molecular weight excluding hydrogens is 254 g/mol. The molecule has 0 radical (unpaired) electrons. The second-order valence-electron chi connectivity index (χ2n) is 5.30. The first-order chi connectivity index (χ1) is 9.33. The fourth-order valence-corrected chi connectivity index (χ4v) is 3.01. The second kappa shape index (κ2) is 5.70. The quantitative estimate of drug-likeness (QED) is 0.856. The van der Waals surface area contributed by atoms with Gasteiger partial charge in [-0.1, -0.05) is 49.6 Å². The van der Waals surface area contributed by atoms with Crippen molar-refractivity contribution in [1.29, 1.82) is 0 Å². The predicted octanol–water partition coefficient (Wildman–Crippen LogP) is 4.04. The maximum Gasteiger partial charge on any atom is 0.216 e. The minimum atomic E-state index is 0.576. The number of aromatic amines is 1. The number of H-pyrrole nitrogens is 1. The Labute approximate surface area is 118 Å². The van der Waals surface area contributed by atoms with Crippen molar-refractivity contribution in [3.05, 3.63) is 46.5 Å². The molecular formula is C15H19N3S. The standard InChI is InChI=1S/C15H19N3S/c19-15-16-14(13-9-5-2-6-10-13)17-18(15)11-12-7-3-1-4-8-12/h1,3-4,7-8,13H,2,5-6,9-11H2,(H,16,17,19). The zero-order chi connectivity index (χ0) is 13.1. The average molecular weight is 273 g/mol. The van der Waals surface area contributed by atoms with Gasteiger partial charge in [0, 0.05) is 5.92 Å². The van der Waals surface area contributed by atoms with Gasteiger partial charge < -0.3 is 0 Å². The van der Waals surface area contributed by atoms with Crippen LogP contribution in [-0.4, -0.2) is 14.8 Å². The van der Waals surface area contributed by atoms with E-state index >= 15 is 0 Å². The summed E-state index contributed by atoms with van der Waals surface area (Å²) in [5.41, 5.74) is 1.25. The van der Waals surface area contributed by atoms with Crippen molar-refractivity contribution in [3.8, 4) is 0 Å². The Balaban J connectivity index is 1.79. The van der Waals surface area contributed by atoms with E-state index in [1.807, 2.05) is 10.7 Å². The molecule has 1 fully saturated rings. The topological polar surface area (TPSA) is 33.6 Å². The molecule has 4 heteroatoms. The smallest absolute Gasteiger partial charge is 0.216 e. The second-order valence-corrected chi connectivity index (χ2v) is 5.66. The molecule has 1 aliphatic rings. The van der Waals surface area contributed by atoms with Gasteiger partial charge in [-0.25, -0.2) is 4.98 Å². The van der Waals surface area contributed by atoms with Crippen LogP contribution in [0.2, 0.25) is 0 Å². The summed E-state index contributed by atoms with van der Waals surface area (Å²) >= 11 is 5.36. The fraction of sp³-hybridized carbons (Fsp3) is 0.467. The Kier molecular flexibility index (Phi) is 3.78. The van der Waals surface area contributed by atoms with E-state index in [2.05, 4.69) is 34.3 Å². The van der Waals surface area contributed by atoms with Gasteiger partial charge in [-0.3, -0.25) is 9.78 Å². The summed E-state index contributed by atoms with van der Waals surface area (Å²) < 4.78 is 2.65. The van der Waals surface area contributed by atoms with Gasteiger partial charge >= 0.3 is 0 Å². The highest BCUT2D eigenvalue weighted by Gasteiger charge is 2.18. The number of rotatable bonds is 3. The molecule has 1 N–H and O–H groups in total. The molecule has 2 aromatic rings. The summed E-state index contributed by atoms with van der Waals surface area (Å²) in [5.74, 6) is 1.66. The van der Waals surface area contributed by atoms with E-state index in [1.165, 1.54) is 37.7 Å². The first-order valence-corrected chi connectivity index (χ1v) is 7.44. The molecule has 0 atom stereocenters. The molecule has 0 aliphatic heterocycles. The van der Waals surface area contributed by atoms with E-state index in [1.54, 1.807) is 0 Å². The Hall–Kier alpha value is -1.42. The summed E-state index contributed by atoms with van der Waals surface area (Å²) in [5, 5.41) is 3.40. The Morgan fingerprint density at radius 3 is 2.63 bits per heavy atom. The van der Waals surface area contributed by atoms with Crippen LogP contribution in [0.5, 0.6) is 0 Å². The van der Waals surface area contributed by atoms with E-state index in [0.717, 1.165) is 12.4 Å². The van der Waals surface area contributed by atoms with E-state index in [4.69, 9.17) is 12.2 Å². The number of nitrogens with zero attached hydrogens (tertiary/aromatic N) is 2. The number of hydrogen-bond acceptors (Lipinski definition) is 2.